The van der Waals surface area contributed by atoms with E-state index in [2.05, 4.69) is 4.98 Å². The van der Waals surface area contributed by atoms with Gasteiger partial charge in [-0.25, -0.2) is 4.98 Å². The van der Waals surface area contributed by atoms with Crippen molar-refractivity contribution in [1.29, 1.82) is 5.26 Å². The van der Waals surface area contributed by atoms with Crippen molar-refractivity contribution in [3.05, 3.63) is 53.7 Å². The van der Waals surface area contributed by atoms with Crippen LogP contribution in [-0.2, 0) is 0 Å². The highest BCUT2D eigenvalue weighted by molar-refractivity contribution is 5.94. The second-order valence-corrected chi connectivity index (χ2v) is 3.68. The van der Waals surface area contributed by atoms with E-state index in [0.29, 0.717) is 22.8 Å². The van der Waals surface area contributed by atoms with Gasteiger partial charge in [0.1, 0.15) is 11.8 Å². The number of benzene rings is 1. The SMILES string of the molecule is CC(=O)c1cccc(Oc2ccc(C#N)cn2)c1. The van der Waals surface area contributed by atoms with E-state index in [9.17, 15) is 4.79 Å². The van der Waals surface area contributed by atoms with Crippen LogP contribution in [0.25, 0.3) is 0 Å². The lowest BCUT2D eigenvalue weighted by Crippen LogP contribution is -1.93. The molecule has 0 aliphatic rings. The molecule has 0 spiro atoms. The summed E-state index contributed by atoms with van der Waals surface area (Å²) in [5, 5.41) is 8.65. The summed E-state index contributed by atoms with van der Waals surface area (Å²) in [6.07, 6.45) is 1.43. The molecule has 0 bridgehead atoms. The molecule has 0 aliphatic heterocycles. The van der Waals surface area contributed by atoms with Crippen molar-refractivity contribution in [3.63, 3.8) is 0 Å². The van der Waals surface area contributed by atoms with Crippen LogP contribution in [0, 0.1) is 11.3 Å². The van der Waals surface area contributed by atoms with Gasteiger partial charge in [0.15, 0.2) is 5.78 Å². The number of pyridine rings is 1. The molecule has 4 heteroatoms. The van der Waals surface area contributed by atoms with Crippen LogP contribution in [0.2, 0.25) is 0 Å². The molecule has 0 saturated heterocycles. The van der Waals surface area contributed by atoms with Crippen LogP contribution >= 0.6 is 0 Å². The Kier molecular flexibility index (Phi) is 3.35. The minimum atomic E-state index is -0.0202. The topological polar surface area (TPSA) is 63.0 Å². The van der Waals surface area contributed by atoms with Crippen molar-refractivity contribution < 1.29 is 9.53 Å². The molecule has 0 aliphatic carbocycles. The number of Topliss-reactive ketones (excluding diaryl/α,β-unsaturated/α-hetero) is 1. The highest BCUT2D eigenvalue weighted by atomic mass is 16.5. The standard InChI is InChI=1S/C14H10N2O2/c1-10(17)12-3-2-4-13(7-12)18-14-6-5-11(8-15)9-16-14/h2-7,9H,1H3. The van der Waals surface area contributed by atoms with Crippen molar-refractivity contribution in [2.45, 2.75) is 6.92 Å². The van der Waals surface area contributed by atoms with Gasteiger partial charge in [0.2, 0.25) is 5.88 Å². The summed E-state index contributed by atoms with van der Waals surface area (Å²) in [5.74, 6) is 0.905. The first-order valence-corrected chi connectivity index (χ1v) is 5.34. The maximum absolute atomic E-state index is 11.2. The third-order valence-electron chi connectivity index (χ3n) is 2.33. The number of nitrogens with zero attached hydrogens (tertiary/aromatic N) is 2. The Morgan fingerprint density at radius 3 is 2.78 bits per heavy atom. The molecule has 88 valence electrons. The van der Waals surface area contributed by atoms with Gasteiger partial charge in [-0.1, -0.05) is 12.1 Å². The zero-order valence-electron chi connectivity index (χ0n) is 9.75. The second kappa shape index (κ2) is 5.11. The van der Waals surface area contributed by atoms with Crippen LogP contribution in [0.15, 0.2) is 42.6 Å². The van der Waals surface area contributed by atoms with Crippen LogP contribution in [0.3, 0.4) is 0 Å². The highest BCUT2D eigenvalue weighted by Gasteiger charge is 2.03. The summed E-state index contributed by atoms with van der Waals surface area (Å²) in [5.41, 5.74) is 1.06. The van der Waals surface area contributed by atoms with Gasteiger partial charge in [-0.05, 0) is 25.1 Å². The van der Waals surface area contributed by atoms with Crippen LogP contribution in [-0.4, -0.2) is 10.8 Å². The van der Waals surface area contributed by atoms with Crippen LogP contribution in [0.1, 0.15) is 22.8 Å². The van der Waals surface area contributed by atoms with Crippen molar-refractivity contribution in [1.82, 2.24) is 4.98 Å². The van der Waals surface area contributed by atoms with Gasteiger partial charge in [-0.3, -0.25) is 4.79 Å². The molecule has 4 nitrogen and oxygen atoms in total. The summed E-state index contributed by atoms with van der Waals surface area (Å²) < 4.78 is 5.50. The third-order valence-corrected chi connectivity index (χ3v) is 2.33. The monoisotopic (exact) mass is 238 g/mol. The van der Waals surface area contributed by atoms with E-state index >= 15 is 0 Å². The van der Waals surface area contributed by atoms with Gasteiger partial charge >= 0.3 is 0 Å². The smallest absolute Gasteiger partial charge is 0.219 e. The van der Waals surface area contributed by atoms with Crippen molar-refractivity contribution >= 4 is 5.78 Å². The number of ether oxygens (including phenoxy) is 1. The number of hydrogen-bond acceptors (Lipinski definition) is 4. The van der Waals surface area contributed by atoms with Gasteiger partial charge in [-0.2, -0.15) is 5.26 Å². The quantitative estimate of drug-likeness (QED) is 0.771. The highest BCUT2D eigenvalue weighted by Crippen LogP contribution is 2.20. The Balaban J connectivity index is 2.20. The Morgan fingerprint density at radius 1 is 1.33 bits per heavy atom. The van der Waals surface area contributed by atoms with E-state index < -0.39 is 0 Å². The minimum Gasteiger partial charge on any atom is -0.439 e. The zero-order valence-corrected chi connectivity index (χ0v) is 9.75. The predicted octanol–water partition coefficient (Wildman–Crippen LogP) is 2.95. The number of rotatable bonds is 3. The summed E-state index contributed by atoms with van der Waals surface area (Å²) in [6, 6.07) is 12.1. The Bertz CT molecular complexity index is 612. The predicted molar refractivity (Wildman–Crippen MR) is 65.5 cm³/mol. The summed E-state index contributed by atoms with van der Waals surface area (Å²) in [4.78, 5) is 15.2. The molecule has 0 fully saturated rings. The van der Waals surface area contributed by atoms with Crippen LogP contribution in [0.5, 0.6) is 11.6 Å². The minimum absolute atomic E-state index is 0.0202. The first-order valence-electron chi connectivity index (χ1n) is 5.34. The molecule has 0 amide bonds. The van der Waals surface area contributed by atoms with E-state index in [1.54, 1.807) is 36.4 Å². The number of hydrogen-bond donors (Lipinski definition) is 0. The largest absolute Gasteiger partial charge is 0.439 e. The molecule has 0 atom stereocenters. The van der Waals surface area contributed by atoms with Crippen molar-refractivity contribution in [2.24, 2.45) is 0 Å². The van der Waals surface area contributed by atoms with E-state index in [4.69, 9.17) is 10.00 Å². The van der Waals surface area contributed by atoms with E-state index in [-0.39, 0.29) is 5.78 Å². The Morgan fingerprint density at radius 2 is 2.17 bits per heavy atom. The molecule has 2 aromatic rings. The molecule has 18 heavy (non-hydrogen) atoms. The fourth-order valence-electron chi connectivity index (χ4n) is 1.41. The lowest BCUT2D eigenvalue weighted by atomic mass is 10.1. The average Bonchev–Trinajstić information content (AvgIpc) is 2.40. The Hall–Kier alpha value is -2.67. The number of carbonyl (C=O) groups is 1. The number of carbonyl (C=O) groups excluding carboxylic acids is 1. The molecule has 0 unspecified atom stereocenters. The van der Waals surface area contributed by atoms with Gasteiger partial charge in [-0.15, -0.1) is 0 Å². The molecule has 0 saturated carbocycles. The lowest BCUT2D eigenvalue weighted by Gasteiger charge is -2.05. The normalized spacial score (nSPS) is 9.56. The lowest BCUT2D eigenvalue weighted by molar-refractivity contribution is 0.101. The van der Waals surface area contributed by atoms with Crippen molar-refractivity contribution in [2.75, 3.05) is 0 Å². The Labute approximate surface area is 104 Å². The zero-order chi connectivity index (χ0) is 13.0. The summed E-state index contributed by atoms with van der Waals surface area (Å²) in [7, 11) is 0. The fraction of sp³-hybridized carbons (Fsp3) is 0.0714. The molecule has 0 radical (unpaired) electrons. The van der Waals surface area contributed by atoms with Crippen LogP contribution in [0.4, 0.5) is 0 Å². The number of nitriles is 1. The van der Waals surface area contributed by atoms with E-state index in [0.717, 1.165) is 0 Å². The number of aromatic nitrogens is 1. The molecule has 2 rings (SSSR count). The molecule has 0 N–H and O–H groups in total. The molecular weight excluding hydrogens is 228 g/mol. The summed E-state index contributed by atoms with van der Waals surface area (Å²) in [6.45, 7) is 1.50. The van der Waals surface area contributed by atoms with Gasteiger partial charge in [0, 0.05) is 17.8 Å². The first kappa shape index (κ1) is 11.8. The number of ketones is 1. The first-order chi connectivity index (χ1) is 8.69. The van der Waals surface area contributed by atoms with Gasteiger partial charge < -0.3 is 4.74 Å². The van der Waals surface area contributed by atoms with Gasteiger partial charge in [0.25, 0.3) is 0 Å². The molecule has 1 heterocycles. The van der Waals surface area contributed by atoms with Gasteiger partial charge in [0.05, 0.1) is 5.56 Å². The second-order valence-electron chi connectivity index (χ2n) is 3.68. The fourth-order valence-corrected chi connectivity index (χ4v) is 1.41. The molecular formula is C14H10N2O2. The average molecular weight is 238 g/mol. The summed E-state index contributed by atoms with van der Waals surface area (Å²) >= 11 is 0. The molecule has 1 aromatic carbocycles. The molecule has 1 aromatic heterocycles. The van der Waals surface area contributed by atoms with Crippen LogP contribution < -0.4 is 4.74 Å². The third kappa shape index (κ3) is 2.71. The van der Waals surface area contributed by atoms with E-state index in [1.807, 2.05) is 6.07 Å². The maximum atomic E-state index is 11.2. The maximum Gasteiger partial charge on any atom is 0.219 e. The van der Waals surface area contributed by atoms with Crippen molar-refractivity contribution in [3.8, 4) is 17.7 Å². The van der Waals surface area contributed by atoms with E-state index in [1.165, 1.54) is 13.1 Å².